The molecule has 0 saturated carbocycles. The minimum atomic E-state index is 0.281. The molecule has 1 aliphatic heterocycles. The molecule has 1 aromatic rings. The first-order chi connectivity index (χ1) is 8.35. The second-order valence-electron chi connectivity index (χ2n) is 4.16. The highest BCUT2D eigenvalue weighted by molar-refractivity contribution is 5.53. The number of nitrogens with zero attached hydrogens (tertiary/aromatic N) is 3. The molecule has 4 heteroatoms. The van der Waals surface area contributed by atoms with Crippen LogP contribution >= 0.6 is 0 Å². The van der Waals surface area contributed by atoms with Crippen molar-refractivity contribution in [2.45, 2.75) is 25.9 Å². The molecule has 0 aromatic carbocycles. The van der Waals surface area contributed by atoms with Gasteiger partial charge < -0.3 is 9.64 Å². The van der Waals surface area contributed by atoms with Gasteiger partial charge >= 0.3 is 0 Å². The summed E-state index contributed by atoms with van der Waals surface area (Å²) in [4.78, 5) is 6.43. The molecule has 1 aromatic heterocycles. The van der Waals surface area contributed by atoms with Gasteiger partial charge in [-0.1, -0.05) is 0 Å². The molecule has 0 N–H and O–H groups in total. The first-order valence-corrected chi connectivity index (χ1v) is 6.06. The Bertz CT molecular complexity index is 407. The van der Waals surface area contributed by atoms with Gasteiger partial charge in [0, 0.05) is 25.9 Å². The number of likely N-dealkylation sites (N-methyl/N-ethyl adjacent to an activating group) is 1. The highest BCUT2D eigenvalue weighted by Gasteiger charge is 2.20. The van der Waals surface area contributed by atoms with Crippen LogP contribution in [0, 0.1) is 11.3 Å². The monoisotopic (exact) mass is 231 g/mol. The quantitative estimate of drug-likeness (QED) is 0.794. The third-order valence-corrected chi connectivity index (χ3v) is 3.04. The van der Waals surface area contributed by atoms with Crippen molar-refractivity contribution in [1.29, 1.82) is 5.26 Å². The Morgan fingerprint density at radius 2 is 2.53 bits per heavy atom. The van der Waals surface area contributed by atoms with Crippen molar-refractivity contribution in [1.82, 2.24) is 4.98 Å². The fourth-order valence-corrected chi connectivity index (χ4v) is 2.14. The molecule has 1 atom stereocenters. The van der Waals surface area contributed by atoms with E-state index < -0.39 is 0 Å². The van der Waals surface area contributed by atoms with Gasteiger partial charge in [0.15, 0.2) is 0 Å². The van der Waals surface area contributed by atoms with Crippen LogP contribution in [0.2, 0.25) is 0 Å². The Hall–Kier alpha value is -1.60. The maximum atomic E-state index is 9.08. The number of hydrogen-bond donors (Lipinski definition) is 0. The highest BCUT2D eigenvalue weighted by Crippen LogP contribution is 2.20. The zero-order valence-corrected chi connectivity index (χ0v) is 10.1. The molecule has 0 spiro atoms. The number of pyridine rings is 1. The molecule has 4 nitrogen and oxygen atoms in total. The van der Waals surface area contributed by atoms with E-state index in [0.717, 1.165) is 38.4 Å². The summed E-state index contributed by atoms with van der Waals surface area (Å²) in [6.45, 7) is 4.59. The third kappa shape index (κ3) is 2.75. The Balaban J connectivity index is 2.14. The number of rotatable bonds is 4. The van der Waals surface area contributed by atoms with E-state index in [2.05, 4.69) is 22.9 Å². The van der Waals surface area contributed by atoms with Crippen molar-refractivity contribution in [2.75, 3.05) is 24.6 Å². The molecule has 1 saturated heterocycles. The summed E-state index contributed by atoms with van der Waals surface area (Å²) in [7, 11) is 0. The SMILES string of the molecule is CCN(C[C@H]1CCCO1)c1ncccc1C#N. The molecule has 2 heterocycles. The van der Waals surface area contributed by atoms with Crippen LogP contribution < -0.4 is 4.90 Å². The summed E-state index contributed by atoms with van der Waals surface area (Å²) in [5, 5.41) is 9.08. The zero-order chi connectivity index (χ0) is 12.1. The van der Waals surface area contributed by atoms with Gasteiger partial charge in [-0.05, 0) is 31.9 Å². The summed E-state index contributed by atoms with van der Waals surface area (Å²) >= 11 is 0. The van der Waals surface area contributed by atoms with Gasteiger partial charge in [-0.3, -0.25) is 0 Å². The first kappa shape index (κ1) is 11.9. The highest BCUT2D eigenvalue weighted by atomic mass is 16.5. The Morgan fingerprint density at radius 1 is 1.65 bits per heavy atom. The molecule has 0 bridgehead atoms. The lowest BCUT2D eigenvalue weighted by atomic mass is 10.2. The Morgan fingerprint density at radius 3 is 3.18 bits per heavy atom. The Kier molecular flexibility index (Phi) is 3.94. The van der Waals surface area contributed by atoms with E-state index in [0.29, 0.717) is 5.56 Å². The van der Waals surface area contributed by atoms with Crippen LogP contribution in [-0.2, 0) is 4.74 Å². The summed E-state index contributed by atoms with van der Waals surface area (Å²) < 4.78 is 5.63. The topological polar surface area (TPSA) is 49.1 Å². The number of nitriles is 1. The smallest absolute Gasteiger partial charge is 0.146 e. The first-order valence-electron chi connectivity index (χ1n) is 6.06. The normalized spacial score (nSPS) is 18.9. The van der Waals surface area contributed by atoms with Crippen LogP contribution in [0.5, 0.6) is 0 Å². The Labute approximate surface area is 102 Å². The van der Waals surface area contributed by atoms with Gasteiger partial charge in [0.25, 0.3) is 0 Å². The number of hydrogen-bond acceptors (Lipinski definition) is 4. The zero-order valence-electron chi connectivity index (χ0n) is 10.1. The van der Waals surface area contributed by atoms with Gasteiger partial charge in [-0.25, -0.2) is 4.98 Å². The third-order valence-electron chi connectivity index (χ3n) is 3.04. The van der Waals surface area contributed by atoms with E-state index in [9.17, 15) is 0 Å². The van der Waals surface area contributed by atoms with E-state index >= 15 is 0 Å². The van der Waals surface area contributed by atoms with Crippen LogP contribution in [0.25, 0.3) is 0 Å². The van der Waals surface area contributed by atoms with Gasteiger partial charge in [-0.15, -0.1) is 0 Å². The molecular formula is C13H17N3O. The molecule has 0 radical (unpaired) electrons. The molecule has 1 fully saturated rings. The predicted octanol–water partition coefficient (Wildman–Crippen LogP) is 1.96. The van der Waals surface area contributed by atoms with Crippen molar-refractivity contribution < 1.29 is 4.74 Å². The minimum absolute atomic E-state index is 0.281. The van der Waals surface area contributed by atoms with Crippen molar-refractivity contribution in [3.05, 3.63) is 23.9 Å². The van der Waals surface area contributed by atoms with Crippen molar-refractivity contribution >= 4 is 5.82 Å². The standard InChI is InChI=1S/C13H17N3O/c1-2-16(10-12-6-4-8-17-12)13-11(9-14)5-3-7-15-13/h3,5,7,12H,2,4,6,8,10H2,1H3/t12-/m1/s1. The van der Waals surface area contributed by atoms with Crippen LogP contribution in [0.1, 0.15) is 25.3 Å². The van der Waals surface area contributed by atoms with Crippen molar-refractivity contribution in [2.24, 2.45) is 0 Å². The fourth-order valence-electron chi connectivity index (χ4n) is 2.14. The van der Waals surface area contributed by atoms with Crippen LogP contribution in [0.4, 0.5) is 5.82 Å². The van der Waals surface area contributed by atoms with E-state index in [1.165, 1.54) is 0 Å². The number of aromatic nitrogens is 1. The van der Waals surface area contributed by atoms with E-state index in [1.54, 1.807) is 18.3 Å². The number of anilines is 1. The molecule has 90 valence electrons. The van der Waals surface area contributed by atoms with Crippen LogP contribution in [0.15, 0.2) is 18.3 Å². The summed E-state index contributed by atoms with van der Waals surface area (Å²) in [5.74, 6) is 0.771. The van der Waals surface area contributed by atoms with Gasteiger partial charge in [0.2, 0.25) is 0 Å². The van der Waals surface area contributed by atoms with Crippen molar-refractivity contribution in [3.8, 4) is 6.07 Å². The average molecular weight is 231 g/mol. The molecular weight excluding hydrogens is 214 g/mol. The average Bonchev–Trinajstić information content (AvgIpc) is 2.89. The van der Waals surface area contributed by atoms with Crippen molar-refractivity contribution in [3.63, 3.8) is 0 Å². The lowest BCUT2D eigenvalue weighted by Crippen LogP contribution is -2.33. The second-order valence-corrected chi connectivity index (χ2v) is 4.16. The molecule has 0 aliphatic carbocycles. The van der Waals surface area contributed by atoms with E-state index in [1.807, 2.05) is 0 Å². The molecule has 1 aliphatic rings. The maximum Gasteiger partial charge on any atom is 0.146 e. The summed E-state index contributed by atoms with van der Waals surface area (Å²) in [6.07, 6.45) is 4.25. The van der Waals surface area contributed by atoms with Gasteiger partial charge in [0.05, 0.1) is 11.7 Å². The van der Waals surface area contributed by atoms with Gasteiger partial charge in [-0.2, -0.15) is 5.26 Å². The van der Waals surface area contributed by atoms with E-state index in [4.69, 9.17) is 10.00 Å². The lowest BCUT2D eigenvalue weighted by Gasteiger charge is -2.25. The van der Waals surface area contributed by atoms with E-state index in [-0.39, 0.29) is 6.10 Å². The molecule has 17 heavy (non-hydrogen) atoms. The molecule has 0 unspecified atom stereocenters. The van der Waals surface area contributed by atoms with Gasteiger partial charge in [0.1, 0.15) is 11.9 Å². The summed E-state index contributed by atoms with van der Waals surface area (Å²) in [6, 6.07) is 5.79. The summed E-state index contributed by atoms with van der Waals surface area (Å²) in [5.41, 5.74) is 0.632. The fraction of sp³-hybridized carbons (Fsp3) is 0.538. The largest absolute Gasteiger partial charge is 0.376 e. The minimum Gasteiger partial charge on any atom is -0.376 e. The van der Waals surface area contributed by atoms with Crippen LogP contribution in [0.3, 0.4) is 0 Å². The number of ether oxygens (including phenoxy) is 1. The second kappa shape index (κ2) is 5.65. The maximum absolute atomic E-state index is 9.08. The predicted molar refractivity (Wildman–Crippen MR) is 65.8 cm³/mol. The van der Waals surface area contributed by atoms with Crippen LogP contribution in [-0.4, -0.2) is 30.8 Å². The molecule has 2 rings (SSSR count). The molecule has 0 amide bonds. The lowest BCUT2D eigenvalue weighted by molar-refractivity contribution is 0.115.